The summed E-state index contributed by atoms with van der Waals surface area (Å²) in [6.45, 7) is 7.61. The number of hydrogen-bond donors (Lipinski definition) is 2. The van der Waals surface area contributed by atoms with Crippen molar-refractivity contribution in [1.82, 2.24) is 10.6 Å². The summed E-state index contributed by atoms with van der Waals surface area (Å²) in [4.78, 5) is 24.0. The van der Waals surface area contributed by atoms with Gasteiger partial charge in [0.05, 0.1) is 24.3 Å². The molecule has 0 unspecified atom stereocenters. The van der Waals surface area contributed by atoms with Crippen molar-refractivity contribution < 1.29 is 19.1 Å². The van der Waals surface area contributed by atoms with Crippen LogP contribution in [-0.4, -0.2) is 24.7 Å². The van der Waals surface area contributed by atoms with Crippen molar-refractivity contribution in [2.45, 2.75) is 39.8 Å². The van der Waals surface area contributed by atoms with Gasteiger partial charge in [-0.05, 0) is 45.4 Å². The molecule has 0 saturated carbocycles. The average Bonchev–Trinajstić information content (AvgIpc) is 2.46. The molecule has 0 aliphatic carbocycles. The molecule has 1 aromatic rings. The van der Waals surface area contributed by atoms with E-state index in [0.29, 0.717) is 11.3 Å². The topological polar surface area (TPSA) is 76.7 Å². The molecule has 0 aromatic heterocycles. The van der Waals surface area contributed by atoms with Crippen molar-refractivity contribution in [3.63, 3.8) is 0 Å². The molecular weight excluding hydrogens is 296 g/mol. The fourth-order valence-electron chi connectivity index (χ4n) is 2.43. The maximum atomic E-state index is 12.2. The van der Waals surface area contributed by atoms with E-state index in [-0.39, 0.29) is 18.7 Å². The van der Waals surface area contributed by atoms with E-state index >= 15 is 0 Å². The minimum absolute atomic E-state index is 0.0802. The highest BCUT2D eigenvalue weighted by Gasteiger charge is 2.32. The number of hydrogen-bond acceptors (Lipinski definition) is 4. The third-order valence-corrected chi connectivity index (χ3v) is 3.35. The fraction of sp³-hybridized carbons (Fsp3) is 0.412. The highest BCUT2D eigenvalue weighted by molar-refractivity contribution is 5.95. The van der Waals surface area contributed by atoms with Gasteiger partial charge in [0, 0.05) is 5.70 Å². The van der Waals surface area contributed by atoms with Gasteiger partial charge in [-0.1, -0.05) is 12.1 Å². The predicted octanol–water partition coefficient (Wildman–Crippen LogP) is 2.66. The first-order valence-corrected chi connectivity index (χ1v) is 7.64. The van der Waals surface area contributed by atoms with Crippen molar-refractivity contribution in [1.29, 1.82) is 0 Å². The second-order valence-electron chi connectivity index (χ2n) is 5.53. The van der Waals surface area contributed by atoms with Crippen LogP contribution in [0.2, 0.25) is 0 Å². The highest BCUT2D eigenvalue weighted by atomic mass is 16.5. The lowest BCUT2D eigenvalue weighted by molar-refractivity contribution is -0.139. The summed E-state index contributed by atoms with van der Waals surface area (Å²) >= 11 is 0. The Morgan fingerprint density at radius 2 is 1.91 bits per heavy atom. The molecule has 0 spiro atoms. The molecule has 1 aliphatic rings. The number of carbonyl (C=O) groups is 2. The molecule has 124 valence electrons. The van der Waals surface area contributed by atoms with Crippen molar-refractivity contribution in [3.8, 4) is 5.75 Å². The van der Waals surface area contributed by atoms with Crippen LogP contribution in [0.1, 0.15) is 39.3 Å². The normalized spacial score (nSPS) is 17.6. The summed E-state index contributed by atoms with van der Waals surface area (Å²) in [5.74, 6) is 0.299. The van der Waals surface area contributed by atoms with Crippen LogP contribution >= 0.6 is 0 Å². The Hall–Kier alpha value is -2.50. The maximum Gasteiger partial charge on any atom is 0.338 e. The van der Waals surface area contributed by atoms with E-state index in [1.165, 1.54) is 0 Å². The van der Waals surface area contributed by atoms with E-state index < -0.39 is 12.0 Å². The molecule has 2 N–H and O–H groups in total. The molecule has 0 bridgehead atoms. The Balaban J connectivity index is 2.32. The minimum Gasteiger partial charge on any atom is -0.491 e. The zero-order valence-electron chi connectivity index (χ0n) is 13.8. The number of carbonyl (C=O) groups excluding carboxylic acids is 2. The first kappa shape index (κ1) is 16.9. The Morgan fingerprint density at radius 1 is 1.26 bits per heavy atom. The summed E-state index contributed by atoms with van der Waals surface area (Å²) in [5, 5.41) is 5.37. The van der Waals surface area contributed by atoms with Crippen LogP contribution in [-0.2, 0) is 9.53 Å². The molecule has 23 heavy (non-hydrogen) atoms. The molecule has 1 heterocycles. The molecule has 1 atom stereocenters. The van der Waals surface area contributed by atoms with E-state index in [4.69, 9.17) is 9.47 Å². The van der Waals surface area contributed by atoms with E-state index in [2.05, 4.69) is 10.6 Å². The van der Waals surface area contributed by atoms with Crippen molar-refractivity contribution in [2.24, 2.45) is 0 Å². The van der Waals surface area contributed by atoms with Gasteiger partial charge in [-0.25, -0.2) is 9.59 Å². The molecule has 2 amide bonds. The predicted molar refractivity (Wildman–Crippen MR) is 85.9 cm³/mol. The molecule has 1 aliphatic heterocycles. The van der Waals surface area contributed by atoms with Crippen LogP contribution in [0.4, 0.5) is 4.79 Å². The van der Waals surface area contributed by atoms with Gasteiger partial charge < -0.3 is 20.1 Å². The van der Waals surface area contributed by atoms with E-state index in [9.17, 15) is 9.59 Å². The smallest absolute Gasteiger partial charge is 0.338 e. The second kappa shape index (κ2) is 7.17. The van der Waals surface area contributed by atoms with Gasteiger partial charge in [0.2, 0.25) is 0 Å². The zero-order chi connectivity index (χ0) is 17.0. The molecule has 6 nitrogen and oxygen atoms in total. The number of amides is 2. The van der Waals surface area contributed by atoms with Crippen molar-refractivity contribution in [2.75, 3.05) is 6.61 Å². The SMILES string of the molecule is CCOC(=O)C1=C(C)NC(=O)N[C@@H]1c1ccc(OC(C)C)cc1. The monoisotopic (exact) mass is 318 g/mol. The lowest BCUT2D eigenvalue weighted by Gasteiger charge is -2.28. The Bertz CT molecular complexity index is 620. The average molecular weight is 318 g/mol. The third-order valence-electron chi connectivity index (χ3n) is 3.35. The van der Waals surface area contributed by atoms with Gasteiger partial charge in [0.15, 0.2) is 0 Å². The van der Waals surface area contributed by atoms with Gasteiger partial charge in [-0.15, -0.1) is 0 Å². The summed E-state index contributed by atoms with van der Waals surface area (Å²) in [7, 11) is 0. The standard InChI is InChI=1S/C17H22N2O4/c1-5-22-16(20)14-11(4)18-17(21)19-15(14)12-6-8-13(9-7-12)23-10(2)3/h6-10,15H,5H2,1-4H3,(H2,18,19,21)/t15-/m1/s1. The zero-order valence-corrected chi connectivity index (χ0v) is 13.8. The lowest BCUT2D eigenvalue weighted by Crippen LogP contribution is -2.45. The van der Waals surface area contributed by atoms with Crippen molar-refractivity contribution in [3.05, 3.63) is 41.1 Å². The molecule has 0 saturated heterocycles. The summed E-state index contributed by atoms with van der Waals surface area (Å²) in [5.41, 5.74) is 1.70. The summed E-state index contributed by atoms with van der Waals surface area (Å²) in [6.07, 6.45) is 0.0802. The largest absolute Gasteiger partial charge is 0.491 e. The maximum absolute atomic E-state index is 12.2. The first-order chi connectivity index (χ1) is 10.9. The number of esters is 1. The number of allylic oxidation sites excluding steroid dienone is 1. The van der Waals surface area contributed by atoms with E-state index in [1.807, 2.05) is 38.1 Å². The molecule has 6 heteroatoms. The van der Waals surface area contributed by atoms with Gasteiger partial charge in [0.1, 0.15) is 5.75 Å². The molecular formula is C17H22N2O4. The summed E-state index contributed by atoms with van der Waals surface area (Å²) < 4.78 is 10.7. The number of nitrogens with one attached hydrogen (secondary N) is 2. The lowest BCUT2D eigenvalue weighted by atomic mass is 9.95. The van der Waals surface area contributed by atoms with Crippen LogP contribution in [0, 0.1) is 0 Å². The Kier molecular flexibility index (Phi) is 5.26. The third kappa shape index (κ3) is 4.03. The van der Waals surface area contributed by atoms with E-state index in [1.54, 1.807) is 13.8 Å². The molecule has 0 radical (unpaired) electrons. The number of urea groups is 1. The van der Waals surface area contributed by atoms with Crippen molar-refractivity contribution >= 4 is 12.0 Å². The highest BCUT2D eigenvalue weighted by Crippen LogP contribution is 2.29. The van der Waals surface area contributed by atoms with Crippen LogP contribution in [0.25, 0.3) is 0 Å². The van der Waals surface area contributed by atoms with Gasteiger partial charge in [-0.3, -0.25) is 0 Å². The number of benzene rings is 1. The van der Waals surface area contributed by atoms with Crippen LogP contribution in [0.15, 0.2) is 35.5 Å². The fourth-order valence-corrected chi connectivity index (χ4v) is 2.43. The van der Waals surface area contributed by atoms with Gasteiger partial charge in [0.25, 0.3) is 0 Å². The number of ether oxygens (including phenoxy) is 2. The minimum atomic E-state index is -0.545. The van der Waals surface area contributed by atoms with Gasteiger partial charge in [-0.2, -0.15) is 0 Å². The van der Waals surface area contributed by atoms with Crippen LogP contribution < -0.4 is 15.4 Å². The molecule has 1 aromatic carbocycles. The summed E-state index contributed by atoms with van der Waals surface area (Å²) in [6, 6.07) is 6.42. The first-order valence-electron chi connectivity index (χ1n) is 7.64. The van der Waals surface area contributed by atoms with E-state index in [0.717, 1.165) is 11.3 Å². The van der Waals surface area contributed by atoms with Crippen LogP contribution in [0.3, 0.4) is 0 Å². The Morgan fingerprint density at radius 3 is 2.48 bits per heavy atom. The van der Waals surface area contributed by atoms with Crippen LogP contribution in [0.5, 0.6) is 5.75 Å². The molecule has 2 rings (SSSR count). The second-order valence-corrected chi connectivity index (χ2v) is 5.53. The number of rotatable bonds is 5. The molecule has 0 fully saturated rings. The van der Waals surface area contributed by atoms with Gasteiger partial charge >= 0.3 is 12.0 Å². The Labute approximate surface area is 135 Å². The quantitative estimate of drug-likeness (QED) is 0.818.